The van der Waals surface area contributed by atoms with Crippen LogP contribution in [0, 0.1) is 0 Å². The van der Waals surface area contributed by atoms with Crippen molar-refractivity contribution >= 4 is 23.1 Å². The van der Waals surface area contributed by atoms with Crippen molar-refractivity contribution in [3.05, 3.63) is 11.5 Å². The van der Waals surface area contributed by atoms with Gasteiger partial charge in [0.2, 0.25) is 5.28 Å². The molecule has 1 atom stereocenters. The third-order valence-corrected chi connectivity index (χ3v) is 3.32. The lowest BCUT2D eigenvalue weighted by Gasteiger charge is -2.36. The van der Waals surface area contributed by atoms with Gasteiger partial charge < -0.3 is 10.6 Å². The van der Waals surface area contributed by atoms with Gasteiger partial charge in [-0.1, -0.05) is 6.92 Å². The van der Waals surface area contributed by atoms with Gasteiger partial charge in [0.15, 0.2) is 5.82 Å². The lowest BCUT2D eigenvalue weighted by atomic mass is 10.00. The summed E-state index contributed by atoms with van der Waals surface area (Å²) >= 11 is 5.82. The maximum absolute atomic E-state index is 5.91. The van der Waals surface area contributed by atoms with Gasteiger partial charge in [-0.3, -0.25) is 0 Å². The fourth-order valence-electron chi connectivity index (χ4n) is 2.30. The third kappa shape index (κ3) is 2.21. The summed E-state index contributed by atoms with van der Waals surface area (Å²) in [6, 6.07) is 0.530. The van der Waals surface area contributed by atoms with E-state index in [-0.39, 0.29) is 5.28 Å². The fraction of sp³-hybridized carbons (Fsp3) is 0.636. The Morgan fingerprint density at radius 1 is 1.56 bits per heavy atom. The van der Waals surface area contributed by atoms with Gasteiger partial charge in [0.05, 0.1) is 11.9 Å². The number of rotatable bonds is 2. The summed E-state index contributed by atoms with van der Waals surface area (Å²) in [5.41, 5.74) is 6.53. The van der Waals surface area contributed by atoms with Crippen molar-refractivity contribution in [2.45, 2.75) is 38.6 Å². The molecule has 4 nitrogen and oxygen atoms in total. The predicted octanol–water partition coefficient (Wildman–Crippen LogP) is 2.48. The Kier molecular flexibility index (Phi) is 3.49. The zero-order valence-electron chi connectivity index (χ0n) is 9.49. The first-order valence-electron chi connectivity index (χ1n) is 5.77. The summed E-state index contributed by atoms with van der Waals surface area (Å²) in [4.78, 5) is 10.4. The van der Waals surface area contributed by atoms with Gasteiger partial charge in [-0.05, 0) is 37.3 Å². The highest BCUT2D eigenvalue weighted by atomic mass is 35.5. The molecule has 0 spiro atoms. The van der Waals surface area contributed by atoms with Gasteiger partial charge in [-0.2, -0.15) is 4.98 Å². The zero-order valence-corrected chi connectivity index (χ0v) is 10.2. The van der Waals surface area contributed by atoms with Crippen LogP contribution in [-0.4, -0.2) is 22.6 Å². The maximum Gasteiger partial charge on any atom is 0.224 e. The van der Waals surface area contributed by atoms with Crippen molar-refractivity contribution in [2.24, 2.45) is 0 Å². The molecule has 88 valence electrons. The number of halogens is 1. The second-order valence-corrected chi connectivity index (χ2v) is 4.51. The Morgan fingerprint density at radius 2 is 2.38 bits per heavy atom. The summed E-state index contributed by atoms with van der Waals surface area (Å²) in [5, 5.41) is 0.268. The molecule has 0 bridgehead atoms. The van der Waals surface area contributed by atoms with Gasteiger partial charge in [-0.25, -0.2) is 4.98 Å². The summed E-state index contributed by atoms with van der Waals surface area (Å²) < 4.78 is 0. The van der Waals surface area contributed by atoms with Crippen molar-refractivity contribution in [3.8, 4) is 0 Å². The number of aromatic nitrogens is 2. The molecule has 16 heavy (non-hydrogen) atoms. The SMILES string of the molecule is CCC1CCCCN1c1nc(Cl)ncc1N. The highest BCUT2D eigenvalue weighted by molar-refractivity contribution is 6.28. The van der Waals surface area contributed by atoms with Crippen LogP contribution in [0.1, 0.15) is 32.6 Å². The third-order valence-electron chi connectivity index (χ3n) is 3.14. The normalized spacial score (nSPS) is 21.1. The highest BCUT2D eigenvalue weighted by Crippen LogP contribution is 2.29. The number of hydrogen-bond acceptors (Lipinski definition) is 4. The Bertz CT molecular complexity index is 369. The summed E-state index contributed by atoms with van der Waals surface area (Å²) in [5.74, 6) is 0.798. The molecule has 1 aromatic heterocycles. The molecule has 1 saturated heterocycles. The minimum absolute atomic E-state index is 0.268. The van der Waals surface area contributed by atoms with E-state index in [1.165, 1.54) is 19.3 Å². The fourth-order valence-corrected chi connectivity index (χ4v) is 2.42. The average molecular weight is 241 g/mol. The molecule has 1 aromatic rings. The van der Waals surface area contributed by atoms with Crippen LogP contribution >= 0.6 is 11.6 Å². The lowest BCUT2D eigenvalue weighted by molar-refractivity contribution is 0.447. The summed E-state index contributed by atoms with van der Waals surface area (Å²) in [6.07, 6.45) is 6.38. The van der Waals surface area contributed by atoms with E-state index in [0.717, 1.165) is 18.8 Å². The quantitative estimate of drug-likeness (QED) is 0.807. The highest BCUT2D eigenvalue weighted by Gasteiger charge is 2.23. The van der Waals surface area contributed by atoms with E-state index in [9.17, 15) is 0 Å². The molecule has 2 heterocycles. The lowest BCUT2D eigenvalue weighted by Crippen LogP contribution is -2.40. The van der Waals surface area contributed by atoms with Crippen molar-refractivity contribution in [1.82, 2.24) is 9.97 Å². The number of anilines is 2. The van der Waals surface area contributed by atoms with Crippen LogP contribution in [0.2, 0.25) is 5.28 Å². The molecule has 0 radical (unpaired) electrons. The van der Waals surface area contributed by atoms with Crippen molar-refractivity contribution in [2.75, 3.05) is 17.2 Å². The number of hydrogen-bond donors (Lipinski definition) is 1. The van der Waals surface area contributed by atoms with Crippen LogP contribution < -0.4 is 10.6 Å². The van der Waals surface area contributed by atoms with Crippen LogP contribution in [0.3, 0.4) is 0 Å². The van der Waals surface area contributed by atoms with E-state index in [2.05, 4.69) is 21.8 Å². The molecule has 1 fully saturated rings. The van der Waals surface area contributed by atoms with E-state index in [1.54, 1.807) is 6.20 Å². The zero-order chi connectivity index (χ0) is 11.5. The Morgan fingerprint density at radius 3 is 3.12 bits per heavy atom. The van der Waals surface area contributed by atoms with E-state index in [0.29, 0.717) is 11.7 Å². The van der Waals surface area contributed by atoms with Crippen molar-refractivity contribution in [1.29, 1.82) is 0 Å². The van der Waals surface area contributed by atoms with Gasteiger partial charge in [-0.15, -0.1) is 0 Å². The van der Waals surface area contributed by atoms with Crippen LogP contribution in [0.4, 0.5) is 11.5 Å². The van der Waals surface area contributed by atoms with Crippen LogP contribution in [-0.2, 0) is 0 Å². The molecule has 1 aliphatic rings. The minimum Gasteiger partial charge on any atom is -0.394 e. The molecule has 0 aromatic carbocycles. The Hall–Kier alpha value is -1.03. The van der Waals surface area contributed by atoms with E-state index in [1.807, 2.05) is 0 Å². The minimum atomic E-state index is 0.268. The van der Waals surface area contributed by atoms with Crippen molar-refractivity contribution in [3.63, 3.8) is 0 Å². The average Bonchev–Trinajstić information content (AvgIpc) is 2.32. The van der Waals surface area contributed by atoms with Gasteiger partial charge in [0.1, 0.15) is 0 Å². The molecule has 0 amide bonds. The van der Waals surface area contributed by atoms with Crippen molar-refractivity contribution < 1.29 is 0 Å². The largest absolute Gasteiger partial charge is 0.394 e. The molecule has 1 aliphatic heterocycles. The summed E-state index contributed by atoms with van der Waals surface area (Å²) in [6.45, 7) is 3.21. The first-order chi connectivity index (χ1) is 7.72. The summed E-state index contributed by atoms with van der Waals surface area (Å²) in [7, 11) is 0. The molecule has 5 heteroatoms. The Balaban J connectivity index is 2.30. The van der Waals surface area contributed by atoms with Crippen LogP contribution in [0.15, 0.2) is 6.20 Å². The van der Waals surface area contributed by atoms with E-state index < -0.39 is 0 Å². The first kappa shape index (κ1) is 11.5. The molecule has 2 N–H and O–H groups in total. The smallest absolute Gasteiger partial charge is 0.224 e. The Labute approximate surface area is 101 Å². The molecule has 1 unspecified atom stereocenters. The first-order valence-corrected chi connectivity index (χ1v) is 6.14. The topological polar surface area (TPSA) is 55.0 Å². The molecular weight excluding hydrogens is 224 g/mol. The second kappa shape index (κ2) is 4.87. The predicted molar refractivity (Wildman–Crippen MR) is 66.7 cm³/mol. The van der Waals surface area contributed by atoms with E-state index in [4.69, 9.17) is 17.3 Å². The number of nitrogen functional groups attached to an aromatic ring is 1. The molecule has 0 aliphatic carbocycles. The number of nitrogens with zero attached hydrogens (tertiary/aromatic N) is 3. The molecular formula is C11H17ClN4. The standard InChI is InChI=1S/C11H17ClN4/c1-2-8-5-3-4-6-16(8)10-9(13)7-14-11(12)15-10/h7-8H,2-6,13H2,1H3. The maximum atomic E-state index is 5.91. The van der Waals surface area contributed by atoms with Gasteiger partial charge >= 0.3 is 0 Å². The van der Waals surface area contributed by atoms with Crippen LogP contribution in [0.5, 0.6) is 0 Å². The van der Waals surface area contributed by atoms with Gasteiger partial charge in [0.25, 0.3) is 0 Å². The molecule has 0 saturated carbocycles. The van der Waals surface area contributed by atoms with Crippen LogP contribution in [0.25, 0.3) is 0 Å². The number of piperidine rings is 1. The second-order valence-electron chi connectivity index (χ2n) is 4.17. The monoisotopic (exact) mass is 240 g/mol. The number of nitrogens with two attached hydrogens (primary N) is 1. The van der Waals surface area contributed by atoms with Gasteiger partial charge in [0, 0.05) is 12.6 Å². The molecule has 2 rings (SSSR count). The van der Waals surface area contributed by atoms with E-state index >= 15 is 0 Å².